The molecule has 0 bridgehead atoms. The summed E-state index contributed by atoms with van der Waals surface area (Å²) in [6.07, 6.45) is 3.94. The SMILES string of the molecule is CN(C)C(=O)/C=C/CC[C@H](NC(=O)C1CCC(F)(F)CC1)C(=O)Nc1cccn(Cc2cc3cccc(OCc4ccc(F)cc4F)c3[nH]2)c1=O. The van der Waals surface area contributed by atoms with E-state index in [1.165, 1.54) is 27.7 Å². The first-order valence-corrected chi connectivity index (χ1v) is 16.5. The van der Waals surface area contributed by atoms with E-state index in [-0.39, 0.29) is 56.0 Å². The molecule has 2 aromatic carbocycles. The molecule has 3 N–H and O–H groups in total. The second-order valence-corrected chi connectivity index (χ2v) is 12.8. The van der Waals surface area contributed by atoms with Gasteiger partial charge in [0.2, 0.25) is 23.6 Å². The number of hydrogen-bond donors (Lipinski definition) is 3. The lowest BCUT2D eigenvalue weighted by molar-refractivity contribution is -0.132. The predicted octanol–water partition coefficient (Wildman–Crippen LogP) is 5.91. The van der Waals surface area contributed by atoms with E-state index in [0.717, 1.165) is 17.5 Å². The van der Waals surface area contributed by atoms with Crippen LogP contribution in [-0.4, -0.2) is 58.2 Å². The van der Waals surface area contributed by atoms with Gasteiger partial charge in [-0.2, -0.15) is 0 Å². The highest BCUT2D eigenvalue weighted by atomic mass is 19.3. The number of likely N-dealkylation sites (N-methyl/N-ethyl adjacent to an activating group) is 1. The van der Waals surface area contributed by atoms with E-state index >= 15 is 0 Å². The summed E-state index contributed by atoms with van der Waals surface area (Å²) in [6, 6.07) is 12.3. The van der Waals surface area contributed by atoms with E-state index in [0.29, 0.717) is 17.0 Å². The minimum Gasteiger partial charge on any atom is -0.487 e. The third-order valence-electron chi connectivity index (χ3n) is 8.73. The van der Waals surface area contributed by atoms with Gasteiger partial charge in [0.15, 0.2) is 0 Å². The number of alkyl halides is 2. The summed E-state index contributed by atoms with van der Waals surface area (Å²) in [7, 11) is 3.18. The van der Waals surface area contributed by atoms with Gasteiger partial charge in [0.05, 0.1) is 12.1 Å². The molecule has 1 atom stereocenters. The number of hydrogen-bond acceptors (Lipinski definition) is 5. The fourth-order valence-electron chi connectivity index (χ4n) is 5.80. The molecule has 1 aliphatic rings. The number of nitrogens with one attached hydrogen (secondary N) is 3. The Hall–Kier alpha value is -5.40. The largest absolute Gasteiger partial charge is 0.487 e. The van der Waals surface area contributed by atoms with Crippen molar-refractivity contribution in [3.8, 4) is 5.75 Å². The Morgan fingerprint density at radius 2 is 1.84 bits per heavy atom. The van der Waals surface area contributed by atoms with Crippen LogP contribution in [-0.2, 0) is 27.5 Å². The number of allylic oxidation sites excluding steroid dienone is 1. The molecule has 2 heterocycles. The van der Waals surface area contributed by atoms with Gasteiger partial charge in [-0.1, -0.05) is 18.2 Å². The molecular formula is C37H39F4N5O5. The van der Waals surface area contributed by atoms with Crippen LogP contribution in [0.15, 0.2) is 77.7 Å². The molecular weight excluding hydrogens is 670 g/mol. The summed E-state index contributed by atoms with van der Waals surface area (Å²) in [6.45, 7) is -0.0518. The summed E-state index contributed by atoms with van der Waals surface area (Å²) >= 11 is 0. The quantitative estimate of drug-likeness (QED) is 0.118. The summed E-state index contributed by atoms with van der Waals surface area (Å²) in [5.74, 6) is -5.93. The van der Waals surface area contributed by atoms with E-state index < -0.39 is 59.7 Å². The van der Waals surface area contributed by atoms with Gasteiger partial charge in [0, 0.05) is 61.8 Å². The van der Waals surface area contributed by atoms with Gasteiger partial charge < -0.3 is 29.8 Å². The normalized spacial score (nSPS) is 15.1. The second-order valence-electron chi connectivity index (χ2n) is 12.8. The fraction of sp³-hybridized carbons (Fsp3) is 0.351. The number of H-pyrrole nitrogens is 1. The summed E-state index contributed by atoms with van der Waals surface area (Å²) < 4.78 is 62.1. The maximum absolute atomic E-state index is 14.1. The molecule has 4 aromatic rings. The number of benzene rings is 2. The molecule has 1 saturated carbocycles. The molecule has 14 heteroatoms. The van der Waals surface area contributed by atoms with Crippen LogP contribution in [0.1, 0.15) is 49.8 Å². The highest BCUT2D eigenvalue weighted by Crippen LogP contribution is 2.36. The average molecular weight is 710 g/mol. The van der Waals surface area contributed by atoms with Crippen LogP contribution in [0.2, 0.25) is 0 Å². The Morgan fingerprint density at radius 1 is 1.08 bits per heavy atom. The van der Waals surface area contributed by atoms with Crippen molar-refractivity contribution in [2.45, 2.75) is 63.6 Å². The molecule has 5 rings (SSSR count). The van der Waals surface area contributed by atoms with Crippen LogP contribution < -0.4 is 20.9 Å². The topological polar surface area (TPSA) is 126 Å². The molecule has 0 radical (unpaired) electrons. The van der Waals surface area contributed by atoms with Crippen LogP contribution in [0.5, 0.6) is 5.75 Å². The maximum Gasteiger partial charge on any atom is 0.274 e. The van der Waals surface area contributed by atoms with Crippen molar-refractivity contribution in [1.29, 1.82) is 0 Å². The zero-order chi connectivity index (χ0) is 36.7. The van der Waals surface area contributed by atoms with Crippen molar-refractivity contribution in [2.24, 2.45) is 5.92 Å². The number of fused-ring (bicyclic) bond motifs is 1. The zero-order valence-corrected chi connectivity index (χ0v) is 28.2. The van der Waals surface area contributed by atoms with Crippen LogP contribution in [0.3, 0.4) is 0 Å². The molecule has 0 aliphatic heterocycles. The van der Waals surface area contributed by atoms with E-state index in [1.807, 2.05) is 12.1 Å². The summed E-state index contributed by atoms with van der Waals surface area (Å²) in [5, 5.41) is 6.05. The Bertz CT molecular complexity index is 1980. The average Bonchev–Trinajstić information content (AvgIpc) is 3.50. The van der Waals surface area contributed by atoms with E-state index in [1.54, 1.807) is 44.6 Å². The third-order valence-corrected chi connectivity index (χ3v) is 8.73. The van der Waals surface area contributed by atoms with Crippen molar-refractivity contribution in [3.63, 3.8) is 0 Å². The number of halogens is 4. The van der Waals surface area contributed by atoms with Crippen molar-refractivity contribution < 1.29 is 36.7 Å². The lowest BCUT2D eigenvalue weighted by atomic mass is 9.86. The maximum atomic E-state index is 14.1. The molecule has 270 valence electrons. The number of carbonyl (C=O) groups is 3. The van der Waals surface area contributed by atoms with Crippen LogP contribution in [0.4, 0.5) is 23.2 Å². The minimum absolute atomic E-state index is 0.0119. The van der Waals surface area contributed by atoms with Gasteiger partial charge in [-0.05, 0) is 68.2 Å². The van der Waals surface area contributed by atoms with Crippen molar-refractivity contribution >= 4 is 34.3 Å². The lowest BCUT2D eigenvalue weighted by Gasteiger charge is -2.28. The number of rotatable bonds is 13. The molecule has 2 aromatic heterocycles. The number of amides is 3. The number of anilines is 1. The summed E-state index contributed by atoms with van der Waals surface area (Å²) in [5.41, 5.74) is 0.848. The van der Waals surface area contributed by atoms with Crippen LogP contribution in [0, 0.1) is 17.6 Å². The van der Waals surface area contributed by atoms with Gasteiger partial charge in [0.1, 0.15) is 35.7 Å². The predicted molar refractivity (Wildman–Crippen MR) is 183 cm³/mol. The first-order valence-electron chi connectivity index (χ1n) is 16.5. The number of ether oxygens (including phenoxy) is 1. The van der Waals surface area contributed by atoms with Gasteiger partial charge in [0.25, 0.3) is 5.56 Å². The molecule has 0 unspecified atom stereocenters. The van der Waals surface area contributed by atoms with Gasteiger partial charge in [-0.3, -0.25) is 19.2 Å². The standard InChI is InChI=1S/C37H39F4N5O5/c1-45(2)32(47)11-4-3-8-29(43-34(48)23-14-16-37(40,41)17-15-23)35(49)44-30-9-6-18-46(36(30)50)21-27-19-24-7-5-10-31(33(24)42-27)51-22-25-12-13-26(38)20-28(25)39/h4-7,9-13,18-20,23,29,42H,3,8,14-17,21-22H2,1-2H3,(H,43,48)(H,44,49)/b11-4+/t29-/m0/s1. The molecule has 10 nitrogen and oxygen atoms in total. The zero-order valence-electron chi connectivity index (χ0n) is 28.2. The number of aromatic amines is 1. The van der Waals surface area contributed by atoms with E-state index in [9.17, 15) is 36.7 Å². The summed E-state index contributed by atoms with van der Waals surface area (Å²) in [4.78, 5) is 56.6. The second kappa shape index (κ2) is 16.1. The molecule has 1 aliphatic carbocycles. The Labute approximate surface area is 291 Å². The molecule has 0 spiro atoms. The monoisotopic (exact) mass is 709 g/mol. The third kappa shape index (κ3) is 9.65. The molecule has 3 amide bonds. The Morgan fingerprint density at radius 3 is 2.57 bits per heavy atom. The number of carbonyl (C=O) groups excluding carboxylic acids is 3. The minimum atomic E-state index is -2.82. The highest BCUT2D eigenvalue weighted by Gasteiger charge is 2.38. The van der Waals surface area contributed by atoms with Gasteiger partial charge in [-0.15, -0.1) is 0 Å². The Kier molecular flexibility index (Phi) is 11.6. The fourth-order valence-corrected chi connectivity index (χ4v) is 5.80. The smallest absolute Gasteiger partial charge is 0.274 e. The van der Waals surface area contributed by atoms with Gasteiger partial charge in [-0.25, -0.2) is 17.6 Å². The number of aromatic nitrogens is 2. The number of para-hydroxylation sites is 1. The van der Waals surface area contributed by atoms with Crippen LogP contribution >= 0.6 is 0 Å². The Balaban J connectivity index is 1.28. The van der Waals surface area contributed by atoms with E-state index in [4.69, 9.17) is 4.74 Å². The van der Waals surface area contributed by atoms with Gasteiger partial charge >= 0.3 is 0 Å². The first kappa shape index (κ1) is 36.9. The van der Waals surface area contributed by atoms with Crippen LogP contribution in [0.25, 0.3) is 10.9 Å². The number of nitrogens with zero attached hydrogens (tertiary/aromatic N) is 2. The molecule has 0 saturated heterocycles. The van der Waals surface area contributed by atoms with Crippen molar-refractivity contribution in [1.82, 2.24) is 19.8 Å². The van der Waals surface area contributed by atoms with Crippen molar-refractivity contribution in [3.05, 3.63) is 106 Å². The van der Waals surface area contributed by atoms with E-state index in [2.05, 4.69) is 15.6 Å². The van der Waals surface area contributed by atoms with Crippen molar-refractivity contribution in [2.75, 3.05) is 19.4 Å². The first-order chi connectivity index (χ1) is 24.3. The molecule has 51 heavy (non-hydrogen) atoms. The number of pyridine rings is 1. The lowest BCUT2D eigenvalue weighted by Crippen LogP contribution is -2.47. The highest BCUT2D eigenvalue weighted by molar-refractivity contribution is 5.97. The molecule has 1 fully saturated rings.